The molecule has 2 unspecified atom stereocenters. The van der Waals surface area contributed by atoms with Gasteiger partial charge in [-0.25, -0.2) is 13.2 Å². The molecule has 2 aliphatic heterocycles. The minimum atomic E-state index is -3.32. The molecule has 0 bridgehead atoms. The van der Waals surface area contributed by atoms with E-state index < -0.39 is 15.9 Å². The zero-order valence-electron chi connectivity index (χ0n) is 13.4. The van der Waals surface area contributed by atoms with E-state index in [2.05, 4.69) is 0 Å². The molecule has 3 rings (SSSR count). The van der Waals surface area contributed by atoms with Crippen LogP contribution in [0.4, 0.5) is 4.79 Å². The molecule has 2 atom stereocenters. The van der Waals surface area contributed by atoms with Gasteiger partial charge in [0.2, 0.25) is 0 Å². The highest BCUT2D eigenvalue weighted by molar-refractivity contribution is 7.91. The number of benzene rings is 1. The van der Waals surface area contributed by atoms with Gasteiger partial charge in [0.15, 0.2) is 9.84 Å². The SMILES string of the molecule is COC1CCCN(C(=O)N(C)C2CS(=O)(=O)c3ccccc32)C1. The predicted molar refractivity (Wildman–Crippen MR) is 86.0 cm³/mol. The van der Waals surface area contributed by atoms with Crippen molar-refractivity contribution in [3.05, 3.63) is 29.8 Å². The van der Waals surface area contributed by atoms with Gasteiger partial charge in [-0.1, -0.05) is 18.2 Å². The van der Waals surface area contributed by atoms with Crippen LogP contribution in [0.5, 0.6) is 0 Å². The van der Waals surface area contributed by atoms with Gasteiger partial charge in [0.05, 0.1) is 22.8 Å². The number of hydrogen-bond acceptors (Lipinski definition) is 4. The number of likely N-dealkylation sites (tertiary alicyclic amines) is 1. The molecule has 6 nitrogen and oxygen atoms in total. The normalized spacial score (nSPS) is 25.9. The molecule has 2 aliphatic rings. The number of amides is 2. The highest BCUT2D eigenvalue weighted by Gasteiger charge is 2.39. The Labute approximate surface area is 136 Å². The van der Waals surface area contributed by atoms with Crippen LogP contribution in [0.2, 0.25) is 0 Å². The number of piperidine rings is 1. The Morgan fingerprint density at radius 3 is 2.83 bits per heavy atom. The van der Waals surface area contributed by atoms with E-state index in [0.29, 0.717) is 23.5 Å². The van der Waals surface area contributed by atoms with Crippen LogP contribution in [0.25, 0.3) is 0 Å². The van der Waals surface area contributed by atoms with Crippen LogP contribution in [0.15, 0.2) is 29.2 Å². The molecule has 0 radical (unpaired) electrons. The van der Waals surface area contributed by atoms with E-state index in [9.17, 15) is 13.2 Å². The number of nitrogens with zero attached hydrogens (tertiary/aromatic N) is 2. The van der Waals surface area contributed by atoms with Crippen LogP contribution < -0.4 is 0 Å². The largest absolute Gasteiger partial charge is 0.380 e. The summed E-state index contributed by atoms with van der Waals surface area (Å²) in [6, 6.07) is 6.38. The number of carbonyl (C=O) groups is 1. The molecule has 0 aliphatic carbocycles. The monoisotopic (exact) mass is 338 g/mol. The first kappa shape index (κ1) is 16.3. The molecule has 2 heterocycles. The summed E-state index contributed by atoms with van der Waals surface area (Å²) in [7, 11) is 0.0199. The van der Waals surface area contributed by atoms with E-state index in [-0.39, 0.29) is 17.9 Å². The van der Waals surface area contributed by atoms with Crippen molar-refractivity contribution in [3.63, 3.8) is 0 Å². The molecule has 0 spiro atoms. The summed E-state index contributed by atoms with van der Waals surface area (Å²) in [5.74, 6) is -0.0455. The second-order valence-electron chi connectivity index (χ2n) is 6.17. The van der Waals surface area contributed by atoms with Gasteiger partial charge in [-0.05, 0) is 24.5 Å². The number of sulfone groups is 1. The molecule has 1 aromatic rings. The van der Waals surface area contributed by atoms with Crippen molar-refractivity contribution in [2.45, 2.75) is 29.9 Å². The summed E-state index contributed by atoms with van der Waals surface area (Å²) >= 11 is 0. The predicted octanol–water partition coefficient (Wildman–Crippen LogP) is 1.68. The number of carbonyl (C=O) groups excluding carboxylic acids is 1. The molecular formula is C16H22N2O4S. The number of methoxy groups -OCH3 is 1. The van der Waals surface area contributed by atoms with Crippen molar-refractivity contribution in [2.24, 2.45) is 0 Å². The Bertz CT molecular complexity index is 704. The average molecular weight is 338 g/mol. The molecule has 0 aromatic heterocycles. The summed E-state index contributed by atoms with van der Waals surface area (Å²) in [5, 5.41) is 0. The number of fused-ring (bicyclic) bond motifs is 1. The van der Waals surface area contributed by atoms with Crippen LogP contribution >= 0.6 is 0 Å². The Hall–Kier alpha value is -1.60. The van der Waals surface area contributed by atoms with Crippen molar-refractivity contribution in [1.82, 2.24) is 9.80 Å². The molecule has 23 heavy (non-hydrogen) atoms. The maximum Gasteiger partial charge on any atom is 0.320 e. The minimum Gasteiger partial charge on any atom is -0.380 e. The van der Waals surface area contributed by atoms with Crippen molar-refractivity contribution in [1.29, 1.82) is 0 Å². The van der Waals surface area contributed by atoms with Gasteiger partial charge in [-0.3, -0.25) is 0 Å². The Morgan fingerprint density at radius 1 is 1.35 bits per heavy atom. The second kappa shape index (κ2) is 6.13. The fourth-order valence-electron chi connectivity index (χ4n) is 3.41. The van der Waals surface area contributed by atoms with Crippen LogP contribution in [-0.2, 0) is 14.6 Å². The topological polar surface area (TPSA) is 66.9 Å². The van der Waals surface area contributed by atoms with Crippen LogP contribution in [0.1, 0.15) is 24.4 Å². The quantitative estimate of drug-likeness (QED) is 0.823. The van der Waals surface area contributed by atoms with E-state index >= 15 is 0 Å². The van der Waals surface area contributed by atoms with Crippen molar-refractivity contribution in [3.8, 4) is 0 Å². The summed E-state index contributed by atoms with van der Waals surface area (Å²) in [6.45, 7) is 1.24. The zero-order valence-corrected chi connectivity index (χ0v) is 14.3. The lowest BCUT2D eigenvalue weighted by Crippen LogP contribution is -2.49. The Balaban J connectivity index is 1.81. The van der Waals surface area contributed by atoms with Gasteiger partial charge < -0.3 is 14.5 Å². The average Bonchev–Trinajstić information content (AvgIpc) is 2.85. The van der Waals surface area contributed by atoms with Crippen molar-refractivity contribution >= 4 is 15.9 Å². The second-order valence-corrected chi connectivity index (χ2v) is 8.18. The fraction of sp³-hybridized carbons (Fsp3) is 0.562. The van der Waals surface area contributed by atoms with E-state index in [1.165, 1.54) is 0 Å². The molecule has 0 N–H and O–H groups in total. The van der Waals surface area contributed by atoms with Crippen molar-refractivity contribution < 1.29 is 17.9 Å². The van der Waals surface area contributed by atoms with Crippen LogP contribution in [0, 0.1) is 0 Å². The third-order valence-electron chi connectivity index (χ3n) is 4.74. The first-order valence-corrected chi connectivity index (χ1v) is 9.45. The summed E-state index contributed by atoms with van der Waals surface area (Å²) in [5.41, 5.74) is 0.712. The van der Waals surface area contributed by atoms with E-state index in [0.717, 1.165) is 12.8 Å². The fourth-order valence-corrected chi connectivity index (χ4v) is 5.26. The molecule has 0 saturated carbocycles. The molecule has 7 heteroatoms. The van der Waals surface area contributed by atoms with Gasteiger partial charge in [-0.2, -0.15) is 0 Å². The van der Waals surface area contributed by atoms with Crippen molar-refractivity contribution in [2.75, 3.05) is 33.0 Å². The van der Waals surface area contributed by atoms with E-state index in [4.69, 9.17) is 4.74 Å². The Morgan fingerprint density at radius 2 is 2.09 bits per heavy atom. The highest BCUT2D eigenvalue weighted by atomic mass is 32.2. The molecule has 2 amide bonds. The minimum absolute atomic E-state index is 0.0455. The molecule has 1 fully saturated rings. The van der Waals surface area contributed by atoms with E-state index in [1.807, 2.05) is 6.07 Å². The lowest BCUT2D eigenvalue weighted by molar-refractivity contribution is 0.0359. The molecule has 1 aromatic carbocycles. The highest BCUT2D eigenvalue weighted by Crippen LogP contribution is 2.36. The first-order valence-electron chi connectivity index (χ1n) is 7.80. The van der Waals surface area contributed by atoms with E-state index in [1.54, 1.807) is 42.2 Å². The maximum absolute atomic E-state index is 12.8. The molecule has 1 saturated heterocycles. The Kier molecular flexibility index (Phi) is 4.33. The first-order chi connectivity index (χ1) is 10.9. The molecular weight excluding hydrogens is 316 g/mol. The lowest BCUT2D eigenvalue weighted by atomic mass is 10.1. The number of rotatable bonds is 2. The van der Waals surface area contributed by atoms with Gasteiger partial charge >= 0.3 is 6.03 Å². The van der Waals surface area contributed by atoms with Gasteiger partial charge in [0.1, 0.15) is 0 Å². The maximum atomic E-state index is 12.8. The lowest BCUT2D eigenvalue weighted by Gasteiger charge is -2.36. The van der Waals surface area contributed by atoms with Gasteiger partial charge in [-0.15, -0.1) is 0 Å². The zero-order chi connectivity index (χ0) is 16.6. The smallest absolute Gasteiger partial charge is 0.320 e. The third kappa shape index (κ3) is 2.95. The summed E-state index contributed by atoms with van der Waals surface area (Å²) in [6.07, 6.45) is 1.91. The molecule has 126 valence electrons. The van der Waals surface area contributed by atoms with Gasteiger partial charge in [0.25, 0.3) is 0 Å². The standard InChI is InChI=1S/C16H22N2O4S/c1-17(16(19)18-9-5-6-12(10-18)22-2)14-11-23(20,21)15-8-4-3-7-13(14)15/h3-4,7-8,12,14H,5-6,9-11H2,1-2H3. The third-order valence-corrected chi connectivity index (χ3v) is 6.54. The number of hydrogen-bond donors (Lipinski definition) is 0. The number of urea groups is 1. The van der Waals surface area contributed by atoms with Crippen LogP contribution in [0.3, 0.4) is 0 Å². The van der Waals surface area contributed by atoms with Crippen LogP contribution in [-0.4, -0.2) is 63.4 Å². The number of ether oxygens (including phenoxy) is 1. The summed E-state index contributed by atoms with van der Waals surface area (Å²) < 4.78 is 29.9. The summed E-state index contributed by atoms with van der Waals surface area (Å²) in [4.78, 5) is 16.4. The van der Waals surface area contributed by atoms with Gasteiger partial charge in [0, 0.05) is 27.2 Å².